The van der Waals surface area contributed by atoms with Gasteiger partial charge in [0.25, 0.3) is 0 Å². The first-order valence-corrected chi connectivity index (χ1v) is 11.6. The summed E-state index contributed by atoms with van der Waals surface area (Å²) in [5.41, 5.74) is 2.56. The van der Waals surface area contributed by atoms with Crippen molar-refractivity contribution in [2.24, 2.45) is 0 Å². The Morgan fingerprint density at radius 3 is 1.38 bits per heavy atom. The van der Waals surface area contributed by atoms with Gasteiger partial charge in [0, 0.05) is 0 Å². The van der Waals surface area contributed by atoms with Crippen molar-refractivity contribution in [3.8, 4) is 11.1 Å². The molecule has 1 heteroatoms. The Kier molecular flexibility index (Phi) is 4.55. The summed E-state index contributed by atoms with van der Waals surface area (Å²) in [6.45, 7) is 2.46. The van der Waals surface area contributed by atoms with Crippen LogP contribution in [0.3, 0.4) is 0 Å². The quantitative estimate of drug-likeness (QED) is 0.377. The summed E-state index contributed by atoms with van der Waals surface area (Å²) in [5, 5.41) is 4.32. The summed E-state index contributed by atoms with van der Waals surface area (Å²) in [7, 11) is -2.04. The monoisotopic (exact) mass is 350 g/mol. The summed E-state index contributed by atoms with van der Waals surface area (Å²) in [5.74, 6) is 0. The molecule has 126 valence electrons. The number of benzene rings is 4. The molecular weight excluding hydrogens is 328 g/mol. The Bertz CT molecular complexity index is 937. The van der Waals surface area contributed by atoms with E-state index in [1.54, 1.807) is 0 Å². The zero-order valence-electron chi connectivity index (χ0n) is 15.0. The minimum Gasteiger partial charge on any atom is -0.0624 e. The normalized spacial score (nSPS) is 11.3. The summed E-state index contributed by atoms with van der Waals surface area (Å²) in [6.07, 6.45) is 0. The van der Waals surface area contributed by atoms with Gasteiger partial charge < -0.3 is 0 Å². The van der Waals surface area contributed by atoms with E-state index < -0.39 is 8.07 Å². The molecule has 0 aliphatic heterocycles. The third-order valence-corrected chi connectivity index (χ3v) is 9.69. The van der Waals surface area contributed by atoms with Gasteiger partial charge in [-0.3, -0.25) is 0 Å². The van der Waals surface area contributed by atoms with Crippen LogP contribution in [-0.2, 0) is 0 Å². The van der Waals surface area contributed by atoms with E-state index in [0.717, 1.165) is 0 Å². The van der Waals surface area contributed by atoms with E-state index >= 15 is 0 Å². The van der Waals surface area contributed by atoms with Crippen LogP contribution in [0.2, 0.25) is 6.55 Å². The van der Waals surface area contributed by atoms with Crippen molar-refractivity contribution in [3.05, 3.63) is 115 Å². The molecule has 26 heavy (non-hydrogen) atoms. The van der Waals surface area contributed by atoms with Gasteiger partial charge in [-0.2, -0.15) is 0 Å². The van der Waals surface area contributed by atoms with Gasteiger partial charge in [-0.15, -0.1) is 0 Å². The fourth-order valence-electron chi connectivity index (χ4n) is 3.68. The fourth-order valence-corrected chi connectivity index (χ4v) is 7.28. The van der Waals surface area contributed by atoms with Crippen molar-refractivity contribution >= 4 is 23.6 Å². The Morgan fingerprint density at radius 2 is 0.846 bits per heavy atom. The average molecular weight is 351 g/mol. The van der Waals surface area contributed by atoms with Gasteiger partial charge >= 0.3 is 0 Å². The van der Waals surface area contributed by atoms with Crippen molar-refractivity contribution in [2.45, 2.75) is 6.55 Å². The molecule has 0 unspecified atom stereocenters. The predicted octanol–water partition coefficient (Wildman–Crippen LogP) is 4.45. The molecule has 0 saturated heterocycles. The van der Waals surface area contributed by atoms with Crippen LogP contribution in [0.15, 0.2) is 115 Å². The molecule has 0 aliphatic carbocycles. The van der Waals surface area contributed by atoms with Crippen LogP contribution in [0.1, 0.15) is 0 Å². The summed E-state index contributed by atoms with van der Waals surface area (Å²) >= 11 is 0. The van der Waals surface area contributed by atoms with E-state index in [1.807, 2.05) is 0 Å². The van der Waals surface area contributed by atoms with Gasteiger partial charge in [-0.25, -0.2) is 0 Å². The third-order valence-electron chi connectivity index (χ3n) is 5.25. The largest absolute Gasteiger partial charge is 0.145 e. The average Bonchev–Trinajstić information content (AvgIpc) is 2.75. The lowest BCUT2D eigenvalue weighted by Gasteiger charge is -2.30. The van der Waals surface area contributed by atoms with Gasteiger partial charge in [0.2, 0.25) is 0 Å². The summed E-state index contributed by atoms with van der Waals surface area (Å²) in [4.78, 5) is 0. The lowest BCUT2D eigenvalue weighted by atomic mass is 10.1. The molecule has 0 radical (unpaired) electrons. The zero-order chi connectivity index (χ0) is 17.8. The maximum absolute atomic E-state index is 2.46. The molecule has 0 amide bonds. The molecule has 0 fully saturated rings. The van der Waals surface area contributed by atoms with Crippen LogP contribution in [-0.4, -0.2) is 8.07 Å². The van der Waals surface area contributed by atoms with Crippen molar-refractivity contribution < 1.29 is 0 Å². The Hall–Kier alpha value is -2.90. The molecule has 0 spiro atoms. The topological polar surface area (TPSA) is 0 Å². The lowest BCUT2D eigenvalue weighted by molar-refractivity contribution is 1.62. The van der Waals surface area contributed by atoms with Crippen LogP contribution in [0, 0.1) is 0 Å². The van der Waals surface area contributed by atoms with Crippen molar-refractivity contribution in [1.29, 1.82) is 0 Å². The first kappa shape index (κ1) is 16.6. The number of hydrogen-bond acceptors (Lipinski definition) is 0. The van der Waals surface area contributed by atoms with Gasteiger partial charge in [-0.1, -0.05) is 122 Å². The van der Waals surface area contributed by atoms with Crippen molar-refractivity contribution in [3.63, 3.8) is 0 Å². The highest BCUT2D eigenvalue weighted by Gasteiger charge is 2.33. The second-order valence-electron chi connectivity index (χ2n) is 6.80. The predicted molar refractivity (Wildman–Crippen MR) is 115 cm³/mol. The van der Waals surface area contributed by atoms with Crippen LogP contribution < -0.4 is 15.6 Å². The fraction of sp³-hybridized carbons (Fsp3) is 0.0400. The second-order valence-corrected chi connectivity index (χ2v) is 10.8. The molecule has 0 aliphatic rings. The van der Waals surface area contributed by atoms with E-state index in [1.165, 1.54) is 26.7 Å². The first-order chi connectivity index (χ1) is 12.8. The lowest BCUT2D eigenvalue weighted by Crippen LogP contribution is -2.64. The van der Waals surface area contributed by atoms with Gasteiger partial charge in [0.1, 0.15) is 8.07 Å². The number of hydrogen-bond donors (Lipinski definition) is 0. The van der Waals surface area contributed by atoms with Crippen LogP contribution >= 0.6 is 0 Å². The Balaban J connectivity index is 1.91. The molecule has 0 atom stereocenters. The van der Waals surface area contributed by atoms with E-state index in [0.29, 0.717) is 0 Å². The molecule has 4 aromatic rings. The molecule has 0 bridgehead atoms. The molecule has 0 nitrogen and oxygen atoms in total. The molecule has 0 heterocycles. The SMILES string of the molecule is C[Si](c1ccccc1)(c1ccccc1)c1cccc(-c2ccccc2)c1. The second kappa shape index (κ2) is 7.15. The van der Waals surface area contributed by atoms with E-state index in [-0.39, 0.29) is 0 Å². The molecule has 0 N–H and O–H groups in total. The van der Waals surface area contributed by atoms with Gasteiger partial charge in [0.15, 0.2) is 0 Å². The molecule has 4 rings (SSSR count). The highest BCUT2D eigenvalue weighted by atomic mass is 28.3. The molecule has 0 saturated carbocycles. The first-order valence-electron chi connectivity index (χ1n) is 9.05. The van der Waals surface area contributed by atoms with Crippen LogP contribution in [0.25, 0.3) is 11.1 Å². The van der Waals surface area contributed by atoms with E-state index in [9.17, 15) is 0 Å². The molecule has 4 aromatic carbocycles. The van der Waals surface area contributed by atoms with Crippen LogP contribution in [0.5, 0.6) is 0 Å². The van der Waals surface area contributed by atoms with E-state index in [4.69, 9.17) is 0 Å². The zero-order valence-corrected chi connectivity index (χ0v) is 16.0. The van der Waals surface area contributed by atoms with E-state index in [2.05, 4.69) is 122 Å². The van der Waals surface area contributed by atoms with Crippen LogP contribution in [0.4, 0.5) is 0 Å². The minimum atomic E-state index is -2.04. The van der Waals surface area contributed by atoms with Gasteiger partial charge in [-0.05, 0) is 26.7 Å². The van der Waals surface area contributed by atoms with Crippen molar-refractivity contribution in [2.75, 3.05) is 0 Å². The maximum Gasteiger partial charge on any atom is 0.145 e. The maximum atomic E-state index is 2.46. The Morgan fingerprint density at radius 1 is 0.423 bits per heavy atom. The highest BCUT2D eigenvalue weighted by Crippen LogP contribution is 2.19. The minimum absolute atomic E-state index is 1.27. The highest BCUT2D eigenvalue weighted by molar-refractivity contribution is 7.10. The standard InChI is InChI=1S/C25H22Si/c1-26(23-15-7-3-8-16-23,24-17-9-4-10-18-24)25-19-11-14-22(20-25)21-12-5-2-6-13-21/h2-20H,1H3. The van der Waals surface area contributed by atoms with Gasteiger partial charge in [0.05, 0.1) is 0 Å². The number of rotatable bonds is 4. The Labute approximate surface area is 156 Å². The smallest absolute Gasteiger partial charge is 0.0624 e. The molecule has 0 aromatic heterocycles. The summed E-state index contributed by atoms with van der Waals surface area (Å²) < 4.78 is 0. The van der Waals surface area contributed by atoms with Crippen molar-refractivity contribution in [1.82, 2.24) is 0 Å². The summed E-state index contributed by atoms with van der Waals surface area (Å²) in [6, 6.07) is 41.7. The molecular formula is C25H22Si. The third kappa shape index (κ3) is 3.02.